The van der Waals surface area contributed by atoms with Crippen molar-refractivity contribution in [2.75, 3.05) is 13.7 Å². The predicted octanol–water partition coefficient (Wildman–Crippen LogP) is 0.742. The SMILES string of the molecule is CCNC1N=C(C)C=CC1C(=O)OC. The number of nitrogens with one attached hydrogen (secondary N) is 1. The van der Waals surface area contributed by atoms with Crippen LogP contribution < -0.4 is 5.32 Å². The van der Waals surface area contributed by atoms with Crippen LogP contribution in [0.3, 0.4) is 0 Å². The van der Waals surface area contributed by atoms with Gasteiger partial charge in [0, 0.05) is 5.71 Å². The van der Waals surface area contributed by atoms with Crippen molar-refractivity contribution in [3.8, 4) is 0 Å². The smallest absolute Gasteiger partial charge is 0.316 e. The molecule has 0 spiro atoms. The summed E-state index contributed by atoms with van der Waals surface area (Å²) in [7, 11) is 1.39. The summed E-state index contributed by atoms with van der Waals surface area (Å²) in [4.78, 5) is 15.7. The van der Waals surface area contributed by atoms with Gasteiger partial charge in [-0.15, -0.1) is 0 Å². The fourth-order valence-electron chi connectivity index (χ4n) is 1.42. The zero-order valence-corrected chi connectivity index (χ0v) is 8.78. The summed E-state index contributed by atoms with van der Waals surface area (Å²) in [6, 6.07) is 0. The van der Waals surface area contributed by atoms with Crippen LogP contribution in [0, 0.1) is 5.92 Å². The van der Waals surface area contributed by atoms with Crippen LogP contribution in [-0.2, 0) is 9.53 Å². The molecule has 1 N–H and O–H groups in total. The maximum absolute atomic E-state index is 11.4. The molecule has 78 valence electrons. The highest BCUT2D eigenvalue weighted by molar-refractivity contribution is 5.95. The molecule has 4 nitrogen and oxygen atoms in total. The van der Waals surface area contributed by atoms with Gasteiger partial charge < -0.3 is 4.74 Å². The van der Waals surface area contributed by atoms with E-state index in [4.69, 9.17) is 4.74 Å². The molecule has 1 rings (SSSR count). The van der Waals surface area contributed by atoms with Crippen molar-refractivity contribution in [2.24, 2.45) is 10.9 Å². The van der Waals surface area contributed by atoms with Gasteiger partial charge in [0.05, 0.1) is 7.11 Å². The van der Waals surface area contributed by atoms with Gasteiger partial charge in [-0.2, -0.15) is 0 Å². The Labute approximate surface area is 84.0 Å². The van der Waals surface area contributed by atoms with Crippen LogP contribution in [0.4, 0.5) is 0 Å². The molecule has 0 fully saturated rings. The highest BCUT2D eigenvalue weighted by Crippen LogP contribution is 2.14. The number of esters is 1. The summed E-state index contributed by atoms with van der Waals surface area (Å²) < 4.78 is 4.70. The van der Waals surface area contributed by atoms with E-state index >= 15 is 0 Å². The van der Waals surface area contributed by atoms with Crippen molar-refractivity contribution < 1.29 is 9.53 Å². The van der Waals surface area contributed by atoms with E-state index in [9.17, 15) is 4.79 Å². The summed E-state index contributed by atoms with van der Waals surface area (Å²) in [6.45, 7) is 4.68. The van der Waals surface area contributed by atoms with E-state index < -0.39 is 0 Å². The topological polar surface area (TPSA) is 50.7 Å². The highest BCUT2D eigenvalue weighted by Gasteiger charge is 2.27. The predicted molar refractivity (Wildman–Crippen MR) is 55.2 cm³/mol. The number of hydrogen-bond donors (Lipinski definition) is 1. The van der Waals surface area contributed by atoms with Gasteiger partial charge in [-0.1, -0.05) is 13.0 Å². The van der Waals surface area contributed by atoms with Crippen LogP contribution in [0.25, 0.3) is 0 Å². The van der Waals surface area contributed by atoms with Crippen molar-refractivity contribution in [3.05, 3.63) is 12.2 Å². The Bertz CT molecular complexity index is 271. The Morgan fingerprint density at radius 3 is 3.00 bits per heavy atom. The molecule has 0 aliphatic carbocycles. The van der Waals surface area contributed by atoms with E-state index in [2.05, 4.69) is 10.3 Å². The molecule has 0 amide bonds. The second-order valence-electron chi connectivity index (χ2n) is 3.18. The number of nitrogens with zero attached hydrogens (tertiary/aromatic N) is 1. The van der Waals surface area contributed by atoms with Crippen LogP contribution in [-0.4, -0.2) is 31.5 Å². The standard InChI is InChI=1S/C10H16N2O2/c1-4-11-9-8(10(13)14-3)6-5-7(2)12-9/h5-6,8-9,11H,4H2,1-3H3. The minimum absolute atomic E-state index is 0.183. The summed E-state index contributed by atoms with van der Waals surface area (Å²) in [5.41, 5.74) is 0.927. The second-order valence-corrected chi connectivity index (χ2v) is 3.18. The molecular weight excluding hydrogens is 180 g/mol. The first kappa shape index (κ1) is 10.9. The number of aliphatic imine (C=N–C) groups is 1. The van der Waals surface area contributed by atoms with Crippen molar-refractivity contribution in [2.45, 2.75) is 20.0 Å². The molecule has 0 aromatic heterocycles. The lowest BCUT2D eigenvalue weighted by atomic mass is 10.0. The fourth-order valence-corrected chi connectivity index (χ4v) is 1.42. The van der Waals surface area contributed by atoms with E-state index in [-0.39, 0.29) is 18.1 Å². The summed E-state index contributed by atoms with van der Waals surface area (Å²) >= 11 is 0. The quantitative estimate of drug-likeness (QED) is 0.677. The molecule has 2 unspecified atom stereocenters. The Morgan fingerprint density at radius 1 is 1.71 bits per heavy atom. The lowest BCUT2D eigenvalue weighted by molar-refractivity contribution is -0.144. The van der Waals surface area contributed by atoms with Gasteiger partial charge in [-0.05, 0) is 19.5 Å². The molecule has 2 atom stereocenters. The van der Waals surface area contributed by atoms with Gasteiger partial charge in [-0.3, -0.25) is 15.1 Å². The van der Waals surface area contributed by atoms with Crippen molar-refractivity contribution in [3.63, 3.8) is 0 Å². The van der Waals surface area contributed by atoms with Gasteiger partial charge in [-0.25, -0.2) is 0 Å². The molecular formula is C10H16N2O2. The van der Waals surface area contributed by atoms with Crippen LogP contribution in [0.1, 0.15) is 13.8 Å². The van der Waals surface area contributed by atoms with Gasteiger partial charge >= 0.3 is 5.97 Å². The lowest BCUT2D eigenvalue weighted by Crippen LogP contribution is -2.40. The number of carbonyl (C=O) groups is 1. The van der Waals surface area contributed by atoms with E-state index in [0.29, 0.717) is 0 Å². The van der Waals surface area contributed by atoms with Crippen molar-refractivity contribution >= 4 is 11.7 Å². The average molecular weight is 196 g/mol. The number of hydrogen-bond acceptors (Lipinski definition) is 4. The summed E-state index contributed by atoms with van der Waals surface area (Å²) in [5.74, 6) is -0.549. The zero-order valence-electron chi connectivity index (χ0n) is 8.78. The molecule has 0 saturated carbocycles. The average Bonchev–Trinajstić information content (AvgIpc) is 2.17. The molecule has 0 aromatic carbocycles. The Balaban J connectivity index is 2.75. The third kappa shape index (κ3) is 2.42. The Hall–Kier alpha value is -1.16. The highest BCUT2D eigenvalue weighted by atomic mass is 16.5. The molecule has 14 heavy (non-hydrogen) atoms. The third-order valence-corrected chi connectivity index (χ3v) is 2.11. The first-order chi connectivity index (χ1) is 6.69. The number of carbonyl (C=O) groups excluding carboxylic acids is 1. The number of rotatable bonds is 3. The van der Waals surface area contributed by atoms with Crippen LogP contribution >= 0.6 is 0 Å². The van der Waals surface area contributed by atoms with Crippen LogP contribution in [0.5, 0.6) is 0 Å². The third-order valence-electron chi connectivity index (χ3n) is 2.11. The number of dihydropyridines is 1. The van der Waals surface area contributed by atoms with E-state index in [1.807, 2.05) is 26.0 Å². The van der Waals surface area contributed by atoms with Gasteiger partial charge in [0.2, 0.25) is 0 Å². The van der Waals surface area contributed by atoms with E-state index in [1.165, 1.54) is 7.11 Å². The summed E-state index contributed by atoms with van der Waals surface area (Å²) in [6.07, 6.45) is 3.49. The Morgan fingerprint density at radius 2 is 2.43 bits per heavy atom. The lowest BCUT2D eigenvalue weighted by Gasteiger charge is -2.23. The number of allylic oxidation sites excluding steroid dienone is 1. The monoisotopic (exact) mass is 196 g/mol. The molecule has 1 aliphatic heterocycles. The number of methoxy groups -OCH3 is 1. The van der Waals surface area contributed by atoms with Crippen LogP contribution in [0.15, 0.2) is 17.1 Å². The normalized spacial score (nSPS) is 25.8. The van der Waals surface area contributed by atoms with Crippen molar-refractivity contribution in [1.29, 1.82) is 0 Å². The summed E-state index contributed by atoms with van der Waals surface area (Å²) in [5, 5.41) is 3.14. The molecule has 0 saturated heterocycles. The molecule has 0 aromatic rings. The molecule has 0 bridgehead atoms. The maximum Gasteiger partial charge on any atom is 0.316 e. The minimum atomic E-state index is -0.302. The van der Waals surface area contributed by atoms with Gasteiger partial charge in [0.25, 0.3) is 0 Å². The molecule has 4 heteroatoms. The van der Waals surface area contributed by atoms with E-state index in [1.54, 1.807) is 0 Å². The first-order valence-electron chi connectivity index (χ1n) is 4.72. The van der Waals surface area contributed by atoms with E-state index in [0.717, 1.165) is 12.3 Å². The minimum Gasteiger partial charge on any atom is -0.468 e. The second kappa shape index (κ2) is 4.91. The van der Waals surface area contributed by atoms with Gasteiger partial charge in [0.1, 0.15) is 12.1 Å². The zero-order chi connectivity index (χ0) is 10.6. The molecule has 1 aliphatic rings. The van der Waals surface area contributed by atoms with Crippen molar-refractivity contribution in [1.82, 2.24) is 5.32 Å². The molecule has 0 radical (unpaired) electrons. The fraction of sp³-hybridized carbons (Fsp3) is 0.600. The maximum atomic E-state index is 11.4. The van der Waals surface area contributed by atoms with Gasteiger partial charge in [0.15, 0.2) is 0 Å². The molecule has 1 heterocycles. The Kier molecular flexibility index (Phi) is 3.83. The largest absolute Gasteiger partial charge is 0.468 e. The van der Waals surface area contributed by atoms with Crippen LogP contribution in [0.2, 0.25) is 0 Å². The number of ether oxygens (including phenoxy) is 1. The first-order valence-corrected chi connectivity index (χ1v) is 4.72.